The SMILES string of the molecule is CN(C)CCCOCCn1c2c(c3ccccc31)CCCC2. The lowest BCUT2D eigenvalue weighted by Gasteiger charge is -2.16. The summed E-state index contributed by atoms with van der Waals surface area (Å²) in [7, 11) is 4.22. The van der Waals surface area contributed by atoms with Gasteiger partial charge < -0.3 is 14.2 Å². The van der Waals surface area contributed by atoms with Gasteiger partial charge in [0.25, 0.3) is 0 Å². The van der Waals surface area contributed by atoms with Crippen LogP contribution in [0.1, 0.15) is 30.5 Å². The molecule has 0 amide bonds. The first-order valence-electron chi connectivity index (χ1n) is 8.59. The van der Waals surface area contributed by atoms with Gasteiger partial charge in [0.2, 0.25) is 0 Å². The van der Waals surface area contributed by atoms with Crippen molar-refractivity contribution in [2.24, 2.45) is 0 Å². The zero-order valence-corrected chi connectivity index (χ0v) is 14.0. The monoisotopic (exact) mass is 300 g/mol. The Kier molecular flexibility index (Phi) is 5.16. The summed E-state index contributed by atoms with van der Waals surface area (Å²) in [5.74, 6) is 0. The Labute approximate surface area is 133 Å². The number of ether oxygens (including phenoxy) is 1. The first-order chi connectivity index (χ1) is 10.8. The Hall–Kier alpha value is -1.32. The van der Waals surface area contributed by atoms with Crippen LogP contribution in [0.2, 0.25) is 0 Å². The summed E-state index contributed by atoms with van der Waals surface area (Å²) < 4.78 is 8.36. The highest BCUT2D eigenvalue weighted by atomic mass is 16.5. The maximum Gasteiger partial charge on any atom is 0.0645 e. The number of rotatable bonds is 7. The summed E-state index contributed by atoms with van der Waals surface area (Å²) in [6, 6.07) is 8.87. The number of hydrogen-bond donors (Lipinski definition) is 0. The van der Waals surface area contributed by atoms with Gasteiger partial charge in [-0.2, -0.15) is 0 Å². The van der Waals surface area contributed by atoms with Crippen LogP contribution in [0.15, 0.2) is 24.3 Å². The third-order valence-electron chi connectivity index (χ3n) is 4.64. The van der Waals surface area contributed by atoms with Gasteiger partial charge in [-0.1, -0.05) is 18.2 Å². The fourth-order valence-electron chi connectivity index (χ4n) is 3.58. The van der Waals surface area contributed by atoms with E-state index in [4.69, 9.17) is 4.74 Å². The van der Waals surface area contributed by atoms with Crippen LogP contribution in [0.25, 0.3) is 10.9 Å². The molecule has 3 nitrogen and oxygen atoms in total. The van der Waals surface area contributed by atoms with Crippen LogP contribution in [-0.4, -0.2) is 43.3 Å². The van der Waals surface area contributed by atoms with Crippen molar-refractivity contribution in [3.63, 3.8) is 0 Å². The molecular weight excluding hydrogens is 272 g/mol. The molecule has 22 heavy (non-hydrogen) atoms. The summed E-state index contributed by atoms with van der Waals surface area (Å²) >= 11 is 0. The van der Waals surface area contributed by atoms with Gasteiger partial charge in [-0.3, -0.25) is 0 Å². The highest BCUT2D eigenvalue weighted by Gasteiger charge is 2.19. The van der Waals surface area contributed by atoms with Crippen molar-refractivity contribution in [2.75, 3.05) is 33.9 Å². The Morgan fingerprint density at radius 2 is 1.91 bits per heavy atom. The lowest BCUT2D eigenvalue weighted by atomic mass is 9.96. The first-order valence-corrected chi connectivity index (χ1v) is 8.59. The molecule has 1 aliphatic rings. The normalized spacial score (nSPS) is 14.7. The molecule has 0 fully saturated rings. The molecule has 120 valence electrons. The molecule has 3 heteroatoms. The molecule has 0 saturated carbocycles. The lowest BCUT2D eigenvalue weighted by Crippen LogP contribution is -2.16. The van der Waals surface area contributed by atoms with Crippen LogP contribution in [0, 0.1) is 0 Å². The second kappa shape index (κ2) is 7.30. The van der Waals surface area contributed by atoms with Crippen LogP contribution in [0.3, 0.4) is 0 Å². The fourth-order valence-corrected chi connectivity index (χ4v) is 3.58. The number of benzene rings is 1. The molecular formula is C19H28N2O. The summed E-state index contributed by atoms with van der Waals surface area (Å²) in [5, 5.41) is 1.46. The molecule has 0 N–H and O–H groups in total. The van der Waals surface area contributed by atoms with E-state index >= 15 is 0 Å². The van der Waals surface area contributed by atoms with E-state index in [1.54, 1.807) is 11.3 Å². The standard InChI is InChI=1S/C19H28N2O/c1-20(2)12-7-14-22-15-13-21-18-10-5-3-8-16(18)17-9-4-6-11-19(17)21/h3,5,8,10H,4,6-7,9,11-15H2,1-2H3. The van der Waals surface area contributed by atoms with E-state index in [1.807, 2.05) is 0 Å². The molecule has 1 aliphatic carbocycles. The van der Waals surface area contributed by atoms with Crippen LogP contribution in [-0.2, 0) is 24.1 Å². The van der Waals surface area contributed by atoms with E-state index in [0.29, 0.717) is 0 Å². The molecule has 2 aromatic rings. The zero-order valence-electron chi connectivity index (χ0n) is 14.0. The predicted octanol–water partition coefficient (Wildman–Crippen LogP) is 3.49. The molecule has 3 rings (SSSR count). The van der Waals surface area contributed by atoms with Crippen molar-refractivity contribution in [2.45, 2.75) is 38.6 Å². The van der Waals surface area contributed by atoms with E-state index in [0.717, 1.165) is 32.7 Å². The molecule has 0 radical (unpaired) electrons. The van der Waals surface area contributed by atoms with Gasteiger partial charge in [-0.25, -0.2) is 0 Å². The first kappa shape index (κ1) is 15.6. The number of aryl methyl sites for hydroxylation is 1. The third kappa shape index (κ3) is 3.36. The largest absolute Gasteiger partial charge is 0.380 e. The molecule has 0 saturated heterocycles. The van der Waals surface area contributed by atoms with Gasteiger partial charge in [-0.15, -0.1) is 0 Å². The number of aromatic nitrogens is 1. The summed E-state index contributed by atoms with van der Waals surface area (Å²) in [5.41, 5.74) is 4.55. The van der Waals surface area contributed by atoms with Crippen molar-refractivity contribution in [3.05, 3.63) is 35.5 Å². The molecule has 0 aliphatic heterocycles. The lowest BCUT2D eigenvalue weighted by molar-refractivity contribution is 0.118. The van der Waals surface area contributed by atoms with Crippen molar-refractivity contribution >= 4 is 10.9 Å². The molecule has 1 aromatic carbocycles. The van der Waals surface area contributed by atoms with Crippen LogP contribution < -0.4 is 0 Å². The van der Waals surface area contributed by atoms with Gasteiger partial charge in [0.1, 0.15) is 0 Å². The molecule has 1 aromatic heterocycles. The minimum atomic E-state index is 0.818. The van der Waals surface area contributed by atoms with E-state index < -0.39 is 0 Å². The molecule has 0 atom stereocenters. The number of para-hydroxylation sites is 1. The average Bonchev–Trinajstić information content (AvgIpc) is 2.85. The van der Waals surface area contributed by atoms with Gasteiger partial charge in [0.15, 0.2) is 0 Å². The van der Waals surface area contributed by atoms with Crippen LogP contribution in [0.4, 0.5) is 0 Å². The maximum atomic E-state index is 5.85. The number of nitrogens with zero attached hydrogens (tertiary/aromatic N) is 2. The second-order valence-electron chi connectivity index (χ2n) is 6.57. The fraction of sp³-hybridized carbons (Fsp3) is 0.579. The quantitative estimate of drug-likeness (QED) is 0.728. The minimum Gasteiger partial charge on any atom is -0.380 e. The molecule has 0 spiro atoms. The average molecular weight is 300 g/mol. The minimum absolute atomic E-state index is 0.818. The molecule has 0 unspecified atom stereocenters. The van der Waals surface area contributed by atoms with E-state index in [9.17, 15) is 0 Å². The summed E-state index contributed by atoms with van der Waals surface area (Å²) in [6.07, 6.45) is 6.24. The topological polar surface area (TPSA) is 17.4 Å². The van der Waals surface area contributed by atoms with Crippen molar-refractivity contribution in [1.29, 1.82) is 0 Å². The highest BCUT2D eigenvalue weighted by Crippen LogP contribution is 2.31. The summed E-state index contributed by atoms with van der Waals surface area (Å²) in [6.45, 7) is 3.76. The van der Waals surface area contributed by atoms with E-state index in [2.05, 4.69) is 47.8 Å². The van der Waals surface area contributed by atoms with Gasteiger partial charge in [0.05, 0.1) is 6.61 Å². The number of fused-ring (bicyclic) bond motifs is 3. The molecule has 1 heterocycles. The highest BCUT2D eigenvalue weighted by molar-refractivity contribution is 5.85. The van der Waals surface area contributed by atoms with Crippen LogP contribution >= 0.6 is 0 Å². The Balaban J connectivity index is 1.66. The van der Waals surface area contributed by atoms with Crippen molar-refractivity contribution < 1.29 is 4.74 Å². The van der Waals surface area contributed by atoms with E-state index in [1.165, 1.54) is 36.6 Å². The van der Waals surface area contributed by atoms with Crippen molar-refractivity contribution in [3.8, 4) is 0 Å². The Morgan fingerprint density at radius 1 is 1.09 bits per heavy atom. The van der Waals surface area contributed by atoms with E-state index in [-0.39, 0.29) is 0 Å². The maximum absolute atomic E-state index is 5.85. The number of hydrogen-bond acceptors (Lipinski definition) is 2. The Bertz CT molecular complexity index is 615. The molecule has 0 bridgehead atoms. The van der Waals surface area contributed by atoms with Gasteiger partial charge >= 0.3 is 0 Å². The zero-order chi connectivity index (χ0) is 15.4. The van der Waals surface area contributed by atoms with Gasteiger partial charge in [0, 0.05) is 29.7 Å². The van der Waals surface area contributed by atoms with Crippen molar-refractivity contribution in [1.82, 2.24) is 9.47 Å². The van der Waals surface area contributed by atoms with Crippen LogP contribution in [0.5, 0.6) is 0 Å². The Morgan fingerprint density at radius 3 is 2.77 bits per heavy atom. The van der Waals surface area contributed by atoms with Gasteiger partial charge in [-0.05, 0) is 64.4 Å². The predicted molar refractivity (Wildman–Crippen MR) is 92.6 cm³/mol. The smallest absolute Gasteiger partial charge is 0.0645 e. The third-order valence-corrected chi connectivity index (χ3v) is 4.64. The summed E-state index contributed by atoms with van der Waals surface area (Å²) in [4.78, 5) is 2.21. The second-order valence-corrected chi connectivity index (χ2v) is 6.57.